The van der Waals surface area contributed by atoms with Gasteiger partial charge in [-0.25, -0.2) is 4.39 Å². The quantitative estimate of drug-likeness (QED) is 0.534. The lowest BCUT2D eigenvalue weighted by Gasteiger charge is -2.05. The number of halogens is 3. The molecule has 2 aromatic carbocycles. The lowest BCUT2D eigenvalue weighted by molar-refractivity contribution is 0.103. The molecule has 4 heteroatoms. The molecule has 0 aliphatic rings. The van der Waals surface area contributed by atoms with E-state index >= 15 is 0 Å². The lowest BCUT2D eigenvalue weighted by Crippen LogP contribution is -2.06. The predicted octanol–water partition coefficient (Wildman–Crippen LogP) is 4.42. The van der Waals surface area contributed by atoms with E-state index in [1.165, 1.54) is 12.1 Å². The van der Waals surface area contributed by atoms with Gasteiger partial charge in [0.25, 0.3) is 0 Å². The monoisotopic (exact) mass is 404 g/mol. The summed E-state index contributed by atoms with van der Waals surface area (Å²) in [5.41, 5.74) is 0.605. The van der Waals surface area contributed by atoms with Gasteiger partial charge in [-0.2, -0.15) is 0 Å². The van der Waals surface area contributed by atoms with E-state index in [0.717, 1.165) is 8.04 Å². The summed E-state index contributed by atoms with van der Waals surface area (Å²) in [6.45, 7) is 0. The fraction of sp³-hybridized carbons (Fsp3) is 0. The van der Waals surface area contributed by atoms with E-state index in [0.29, 0.717) is 5.56 Å². The summed E-state index contributed by atoms with van der Waals surface area (Å²) in [5.74, 6) is -0.790. The van der Waals surface area contributed by atoms with Crippen molar-refractivity contribution in [1.82, 2.24) is 0 Å². The smallest absolute Gasteiger partial charge is 0.197 e. The number of hydrogen-bond donors (Lipinski definition) is 0. The van der Waals surface area contributed by atoms with Gasteiger partial charge >= 0.3 is 0 Å². The topological polar surface area (TPSA) is 17.1 Å². The standard InChI is InChI=1S/C13H7BrFIO/c14-8-5-6-12(16)10(7-8)13(17)9-3-1-2-4-11(9)15/h1-7H. The Labute approximate surface area is 120 Å². The molecule has 0 aromatic heterocycles. The third kappa shape index (κ3) is 2.74. The van der Waals surface area contributed by atoms with Gasteiger partial charge in [-0.3, -0.25) is 4.79 Å². The van der Waals surface area contributed by atoms with Crippen molar-refractivity contribution in [2.24, 2.45) is 0 Å². The Balaban J connectivity index is 2.51. The van der Waals surface area contributed by atoms with Crippen LogP contribution in [0.25, 0.3) is 0 Å². The van der Waals surface area contributed by atoms with Crippen molar-refractivity contribution < 1.29 is 9.18 Å². The molecule has 0 saturated heterocycles. The Hall–Kier alpha value is -0.750. The Morgan fingerprint density at radius 2 is 1.82 bits per heavy atom. The minimum atomic E-state index is -0.492. The van der Waals surface area contributed by atoms with E-state index in [1.807, 2.05) is 12.1 Å². The molecule has 1 nitrogen and oxygen atoms in total. The maximum Gasteiger partial charge on any atom is 0.197 e. The second-order valence-electron chi connectivity index (χ2n) is 3.43. The summed E-state index contributed by atoms with van der Waals surface area (Å²) >= 11 is 5.37. The number of hydrogen-bond acceptors (Lipinski definition) is 1. The van der Waals surface area contributed by atoms with Crippen LogP contribution in [0.15, 0.2) is 46.9 Å². The van der Waals surface area contributed by atoms with Gasteiger partial charge in [-0.15, -0.1) is 0 Å². The van der Waals surface area contributed by atoms with Crippen molar-refractivity contribution in [2.75, 3.05) is 0 Å². The Bertz CT molecular complexity index is 583. The number of benzene rings is 2. The number of rotatable bonds is 2. The summed E-state index contributed by atoms with van der Waals surface area (Å²) < 4.78 is 15.1. The first-order valence-corrected chi connectivity index (χ1v) is 6.71. The largest absolute Gasteiger partial charge is 0.288 e. The van der Waals surface area contributed by atoms with Crippen LogP contribution in [0, 0.1) is 9.39 Å². The highest BCUT2D eigenvalue weighted by Gasteiger charge is 2.16. The molecule has 0 bridgehead atoms. The molecule has 0 spiro atoms. The van der Waals surface area contributed by atoms with Crippen LogP contribution in [0.3, 0.4) is 0 Å². The molecule has 0 aliphatic carbocycles. The van der Waals surface area contributed by atoms with Crippen molar-refractivity contribution >= 4 is 44.3 Å². The third-order valence-corrected chi connectivity index (χ3v) is 3.73. The summed E-state index contributed by atoms with van der Waals surface area (Å²) in [6.07, 6.45) is 0. The molecule has 2 aromatic rings. The van der Waals surface area contributed by atoms with Gasteiger partial charge in [0.15, 0.2) is 5.78 Å². The van der Waals surface area contributed by atoms with Crippen molar-refractivity contribution in [2.45, 2.75) is 0 Å². The van der Waals surface area contributed by atoms with Crippen LogP contribution in [-0.4, -0.2) is 5.78 Å². The first kappa shape index (κ1) is 12.7. The number of ketones is 1. The average Bonchev–Trinajstić information content (AvgIpc) is 2.32. The van der Waals surface area contributed by atoms with Crippen LogP contribution in [0.2, 0.25) is 0 Å². The molecule has 86 valence electrons. The summed E-state index contributed by atoms with van der Waals surface area (Å²) in [6, 6.07) is 11.4. The van der Waals surface area contributed by atoms with Crippen molar-refractivity contribution in [1.29, 1.82) is 0 Å². The summed E-state index contributed by atoms with van der Waals surface area (Å²) in [5, 5.41) is 0. The fourth-order valence-corrected chi connectivity index (χ4v) is 2.40. The third-order valence-electron chi connectivity index (χ3n) is 2.29. The Morgan fingerprint density at radius 1 is 1.12 bits per heavy atom. The van der Waals surface area contributed by atoms with Crippen LogP contribution < -0.4 is 0 Å². The number of carbonyl (C=O) groups is 1. The fourth-order valence-electron chi connectivity index (χ4n) is 1.46. The van der Waals surface area contributed by atoms with E-state index in [9.17, 15) is 9.18 Å². The molecule has 2 rings (SSSR count). The predicted molar refractivity (Wildman–Crippen MR) is 76.7 cm³/mol. The second-order valence-corrected chi connectivity index (χ2v) is 5.51. The summed E-state index contributed by atoms with van der Waals surface area (Å²) in [4.78, 5) is 12.2. The normalized spacial score (nSPS) is 10.3. The highest BCUT2D eigenvalue weighted by molar-refractivity contribution is 14.1. The average molecular weight is 405 g/mol. The Morgan fingerprint density at radius 3 is 2.53 bits per heavy atom. The molecule has 0 atom stereocenters. The maximum atomic E-state index is 13.5. The first-order chi connectivity index (χ1) is 8.09. The molecule has 17 heavy (non-hydrogen) atoms. The minimum Gasteiger partial charge on any atom is -0.288 e. The second kappa shape index (κ2) is 5.27. The van der Waals surface area contributed by atoms with Crippen LogP contribution in [-0.2, 0) is 0 Å². The molecular weight excluding hydrogens is 398 g/mol. The van der Waals surface area contributed by atoms with E-state index in [4.69, 9.17) is 0 Å². The van der Waals surface area contributed by atoms with Gasteiger partial charge in [-0.1, -0.05) is 28.1 Å². The molecular formula is C13H7BrFIO. The SMILES string of the molecule is O=C(c1ccccc1F)c1cc(Br)ccc1I. The van der Waals surface area contributed by atoms with Crippen LogP contribution >= 0.6 is 38.5 Å². The summed E-state index contributed by atoms with van der Waals surface area (Å²) in [7, 11) is 0. The van der Waals surface area contributed by atoms with Crippen LogP contribution in [0.1, 0.15) is 15.9 Å². The number of carbonyl (C=O) groups excluding carboxylic acids is 1. The van der Waals surface area contributed by atoms with E-state index < -0.39 is 5.82 Å². The Kier molecular flexibility index (Phi) is 3.93. The molecule has 0 saturated carbocycles. The molecule has 0 heterocycles. The molecule has 0 radical (unpaired) electrons. The zero-order valence-corrected chi connectivity index (χ0v) is 12.3. The maximum absolute atomic E-state index is 13.5. The minimum absolute atomic E-state index is 0.100. The molecule has 0 fully saturated rings. The van der Waals surface area contributed by atoms with Gasteiger partial charge in [0, 0.05) is 13.6 Å². The van der Waals surface area contributed by atoms with Gasteiger partial charge in [0.1, 0.15) is 5.82 Å². The van der Waals surface area contributed by atoms with Gasteiger partial charge < -0.3 is 0 Å². The van der Waals surface area contributed by atoms with Crippen LogP contribution in [0.5, 0.6) is 0 Å². The first-order valence-electron chi connectivity index (χ1n) is 4.84. The molecule has 0 N–H and O–H groups in total. The molecule has 0 amide bonds. The van der Waals surface area contributed by atoms with Gasteiger partial charge in [0.2, 0.25) is 0 Å². The van der Waals surface area contributed by atoms with Crippen molar-refractivity contribution in [3.8, 4) is 0 Å². The van der Waals surface area contributed by atoms with E-state index in [-0.39, 0.29) is 11.3 Å². The lowest BCUT2D eigenvalue weighted by atomic mass is 10.0. The van der Waals surface area contributed by atoms with Crippen molar-refractivity contribution in [3.63, 3.8) is 0 Å². The molecule has 0 aliphatic heterocycles. The zero-order chi connectivity index (χ0) is 12.4. The molecule has 0 unspecified atom stereocenters. The van der Waals surface area contributed by atoms with E-state index in [1.54, 1.807) is 18.2 Å². The van der Waals surface area contributed by atoms with Crippen molar-refractivity contribution in [3.05, 3.63) is 67.5 Å². The van der Waals surface area contributed by atoms with Gasteiger partial charge in [-0.05, 0) is 52.9 Å². The van der Waals surface area contributed by atoms with Gasteiger partial charge in [0.05, 0.1) is 5.56 Å². The highest BCUT2D eigenvalue weighted by atomic mass is 127. The van der Waals surface area contributed by atoms with Crippen LogP contribution in [0.4, 0.5) is 4.39 Å². The van der Waals surface area contributed by atoms with E-state index in [2.05, 4.69) is 38.5 Å². The highest BCUT2D eigenvalue weighted by Crippen LogP contribution is 2.22. The zero-order valence-electron chi connectivity index (χ0n) is 8.58.